The van der Waals surface area contributed by atoms with Crippen molar-refractivity contribution in [3.05, 3.63) is 28.8 Å². The van der Waals surface area contributed by atoms with E-state index in [1.165, 1.54) is 6.92 Å². The summed E-state index contributed by atoms with van der Waals surface area (Å²) in [6, 6.07) is 5.22. The number of hydrogen-bond donors (Lipinski definition) is 0. The standard InChI is InChI=1S/C14H19BClFO2/c1-9(17)11-8-10(6-7-12(11)16)15-18-13(2,3)14(4,5)19-15/h6-9H,1-5H3. The highest BCUT2D eigenvalue weighted by molar-refractivity contribution is 6.62. The van der Waals surface area contributed by atoms with Crippen molar-refractivity contribution in [1.29, 1.82) is 0 Å². The molecule has 0 N–H and O–H groups in total. The molecule has 104 valence electrons. The topological polar surface area (TPSA) is 18.5 Å². The van der Waals surface area contributed by atoms with Crippen molar-refractivity contribution in [3.63, 3.8) is 0 Å². The van der Waals surface area contributed by atoms with Crippen LogP contribution in [-0.4, -0.2) is 18.3 Å². The van der Waals surface area contributed by atoms with Crippen molar-refractivity contribution in [3.8, 4) is 0 Å². The molecule has 1 heterocycles. The molecule has 1 unspecified atom stereocenters. The molecule has 0 aromatic heterocycles. The monoisotopic (exact) mass is 284 g/mol. The molecule has 1 aromatic rings. The third-order valence-corrected chi connectivity index (χ3v) is 4.32. The van der Waals surface area contributed by atoms with Gasteiger partial charge in [0.1, 0.15) is 6.17 Å². The van der Waals surface area contributed by atoms with Crippen LogP contribution in [0.25, 0.3) is 0 Å². The molecule has 1 aliphatic heterocycles. The van der Waals surface area contributed by atoms with E-state index in [1.807, 2.05) is 33.8 Å². The van der Waals surface area contributed by atoms with Crippen LogP contribution < -0.4 is 5.46 Å². The molecule has 0 saturated carbocycles. The molecule has 1 atom stereocenters. The summed E-state index contributed by atoms with van der Waals surface area (Å²) >= 11 is 5.99. The molecule has 1 fully saturated rings. The third kappa shape index (κ3) is 2.67. The van der Waals surface area contributed by atoms with E-state index in [0.717, 1.165) is 5.46 Å². The van der Waals surface area contributed by atoms with E-state index in [-0.39, 0.29) is 0 Å². The number of hydrogen-bond acceptors (Lipinski definition) is 2. The maximum absolute atomic E-state index is 13.5. The number of benzene rings is 1. The Kier molecular flexibility index (Phi) is 3.71. The molecule has 2 nitrogen and oxygen atoms in total. The highest BCUT2D eigenvalue weighted by Gasteiger charge is 2.51. The van der Waals surface area contributed by atoms with Gasteiger partial charge in [0.2, 0.25) is 0 Å². The van der Waals surface area contributed by atoms with Gasteiger partial charge in [-0.25, -0.2) is 4.39 Å². The summed E-state index contributed by atoms with van der Waals surface area (Å²) in [6.07, 6.45) is -1.12. The van der Waals surface area contributed by atoms with E-state index >= 15 is 0 Å². The van der Waals surface area contributed by atoms with Crippen LogP contribution in [0.4, 0.5) is 4.39 Å². The zero-order chi connectivity index (χ0) is 14.4. The molecule has 2 rings (SSSR count). The van der Waals surface area contributed by atoms with Gasteiger partial charge in [-0.05, 0) is 46.1 Å². The lowest BCUT2D eigenvalue weighted by Gasteiger charge is -2.32. The van der Waals surface area contributed by atoms with Gasteiger partial charge in [-0.2, -0.15) is 0 Å². The van der Waals surface area contributed by atoms with Gasteiger partial charge in [0.25, 0.3) is 0 Å². The van der Waals surface area contributed by atoms with Crippen molar-refractivity contribution < 1.29 is 13.7 Å². The molecular formula is C14H19BClFO2. The molecule has 1 aromatic carbocycles. The third-order valence-electron chi connectivity index (χ3n) is 3.97. The molecule has 0 spiro atoms. The van der Waals surface area contributed by atoms with Crippen molar-refractivity contribution in [1.82, 2.24) is 0 Å². The maximum Gasteiger partial charge on any atom is 0.494 e. The second kappa shape index (κ2) is 4.76. The van der Waals surface area contributed by atoms with E-state index in [4.69, 9.17) is 20.9 Å². The van der Waals surface area contributed by atoms with Crippen LogP contribution in [0, 0.1) is 0 Å². The molecular weight excluding hydrogens is 265 g/mol. The normalized spacial score (nSPS) is 22.6. The van der Waals surface area contributed by atoms with Crippen molar-refractivity contribution >= 4 is 24.2 Å². The average molecular weight is 285 g/mol. The minimum absolute atomic E-state index is 0.404. The number of rotatable bonds is 2. The zero-order valence-electron chi connectivity index (χ0n) is 12.0. The lowest BCUT2D eigenvalue weighted by Crippen LogP contribution is -2.41. The predicted octanol–water partition coefficient (Wildman–Crippen LogP) is 3.67. The zero-order valence-corrected chi connectivity index (χ0v) is 12.7. The van der Waals surface area contributed by atoms with Gasteiger partial charge in [-0.3, -0.25) is 0 Å². The van der Waals surface area contributed by atoms with Gasteiger partial charge in [0.05, 0.1) is 11.2 Å². The lowest BCUT2D eigenvalue weighted by molar-refractivity contribution is 0.00578. The van der Waals surface area contributed by atoms with E-state index in [1.54, 1.807) is 12.1 Å². The highest BCUT2D eigenvalue weighted by atomic mass is 35.5. The summed E-state index contributed by atoms with van der Waals surface area (Å²) in [5, 5.41) is 0.426. The minimum Gasteiger partial charge on any atom is -0.399 e. The molecule has 1 aliphatic rings. The summed E-state index contributed by atoms with van der Waals surface area (Å²) in [6.45, 7) is 9.42. The Hall–Kier alpha value is -0.575. The van der Waals surface area contributed by atoms with Crippen molar-refractivity contribution in [2.75, 3.05) is 0 Å². The van der Waals surface area contributed by atoms with Crippen LogP contribution in [0.15, 0.2) is 18.2 Å². The fourth-order valence-corrected chi connectivity index (χ4v) is 2.26. The van der Waals surface area contributed by atoms with Crippen LogP contribution >= 0.6 is 11.6 Å². The maximum atomic E-state index is 13.5. The summed E-state index contributed by atoms with van der Waals surface area (Å²) in [7, 11) is -0.486. The average Bonchev–Trinajstić information content (AvgIpc) is 2.48. The van der Waals surface area contributed by atoms with Crippen LogP contribution in [0.5, 0.6) is 0 Å². The summed E-state index contributed by atoms with van der Waals surface area (Å²) < 4.78 is 25.4. The first kappa shape index (κ1) is 14.8. The predicted molar refractivity (Wildman–Crippen MR) is 76.7 cm³/mol. The van der Waals surface area contributed by atoms with E-state index < -0.39 is 24.5 Å². The van der Waals surface area contributed by atoms with Crippen LogP contribution in [-0.2, 0) is 9.31 Å². The van der Waals surface area contributed by atoms with E-state index in [2.05, 4.69) is 0 Å². The van der Waals surface area contributed by atoms with Gasteiger partial charge in [0, 0.05) is 10.6 Å². The van der Waals surface area contributed by atoms with Crippen LogP contribution in [0.3, 0.4) is 0 Å². The van der Waals surface area contributed by atoms with Crippen molar-refractivity contribution in [2.24, 2.45) is 0 Å². The first-order valence-electron chi connectivity index (χ1n) is 6.43. The van der Waals surface area contributed by atoms with Gasteiger partial charge in [-0.1, -0.05) is 23.7 Å². The van der Waals surface area contributed by atoms with Gasteiger partial charge >= 0.3 is 7.12 Å². The SMILES string of the molecule is CC(F)c1cc(B2OC(C)(C)C(C)(C)O2)ccc1Cl. The van der Waals surface area contributed by atoms with Gasteiger partial charge in [-0.15, -0.1) is 0 Å². The Balaban J connectivity index is 2.32. The van der Waals surface area contributed by atoms with Crippen LogP contribution in [0.1, 0.15) is 46.4 Å². The fourth-order valence-electron chi connectivity index (χ4n) is 1.99. The summed E-state index contributed by atoms with van der Waals surface area (Å²) in [5.41, 5.74) is 0.453. The largest absolute Gasteiger partial charge is 0.494 e. The Morgan fingerprint density at radius 3 is 2.16 bits per heavy atom. The Morgan fingerprint density at radius 1 is 1.16 bits per heavy atom. The van der Waals surface area contributed by atoms with E-state index in [9.17, 15) is 4.39 Å². The minimum atomic E-state index is -1.12. The second-order valence-electron chi connectivity index (χ2n) is 5.99. The lowest BCUT2D eigenvalue weighted by atomic mass is 9.78. The Bertz CT molecular complexity index is 472. The van der Waals surface area contributed by atoms with Crippen LogP contribution in [0.2, 0.25) is 5.02 Å². The first-order valence-corrected chi connectivity index (χ1v) is 6.81. The molecule has 0 bridgehead atoms. The number of halogens is 2. The Labute approximate surface area is 119 Å². The first-order chi connectivity index (χ1) is 8.64. The summed E-state index contributed by atoms with van der Waals surface area (Å²) in [5.74, 6) is 0. The smallest absolute Gasteiger partial charge is 0.399 e. The second-order valence-corrected chi connectivity index (χ2v) is 6.39. The highest BCUT2D eigenvalue weighted by Crippen LogP contribution is 2.36. The Morgan fingerprint density at radius 2 is 1.68 bits per heavy atom. The summed E-state index contributed by atoms with van der Waals surface area (Å²) in [4.78, 5) is 0. The molecule has 5 heteroatoms. The van der Waals surface area contributed by atoms with E-state index in [0.29, 0.717) is 10.6 Å². The molecule has 19 heavy (non-hydrogen) atoms. The molecule has 0 amide bonds. The fraction of sp³-hybridized carbons (Fsp3) is 0.571. The quantitative estimate of drug-likeness (QED) is 0.772. The number of alkyl halides is 1. The van der Waals surface area contributed by atoms with Gasteiger partial charge in [0.15, 0.2) is 0 Å². The van der Waals surface area contributed by atoms with Crippen molar-refractivity contribution in [2.45, 2.75) is 52.0 Å². The molecule has 0 radical (unpaired) electrons. The molecule has 1 saturated heterocycles. The van der Waals surface area contributed by atoms with Gasteiger partial charge < -0.3 is 9.31 Å². The molecule has 0 aliphatic carbocycles.